The molecule has 0 aliphatic heterocycles. The Labute approximate surface area is 188 Å². The second-order valence-electron chi connectivity index (χ2n) is 8.52. The van der Waals surface area contributed by atoms with Gasteiger partial charge in [0.05, 0.1) is 23.8 Å². The van der Waals surface area contributed by atoms with Crippen LogP contribution in [-0.2, 0) is 20.3 Å². The van der Waals surface area contributed by atoms with Crippen molar-refractivity contribution in [1.29, 1.82) is 0 Å². The van der Waals surface area contributed by atoms with E-state index in [-0.39, 0.29) is 11.9 Å². The van der Waals surface area contributed by atoms with Crippen LogP contribution in [0, 0.1) is 20.8 Å². The largest absolute Gasteiger partial charge is 0.433 e. The maximum Gasteiger partial charge on any atom is 0.433 e. The molecule has 0 unspecified atom stereocenters. The molecule has 172 valence electrons. The predicted molar refractivity (Wildman–Crippen MR) is 115 cm³/mol. The third-order valence-corrected chi connectivity index (χ3v) is 6.31. The molecule has 1 aliphatic rings. The molecule has 1 saturated carbocycles. The molecule has 0 saturated heterocycles. The fourth-order valence-electron chi connectivity index (χ4n) is 3.96. The summed E-state index contributed by atoms with van der Waals surface area (Å²) in [6.07, 6.45) is 0.445. The maximum atomic E-state index is 13.7. The SMILES string of the molecule is Cc1c(-c2cnn(C)c2C)nn(-c2nc(C3CC3)cc(C(F)(F)F)n2)c1-c1cnn(C)c1C. The highest BCUT2D eigenvalue weighted by Gasteiger charge is 2.37. The minimum atomic E-state index is -4.59. The summed E-state index contributed by atoms with van der Waals surface area (Å²) in [6, 6.07) is 1.05. The molecule has 4 aromatic rings. The van der Waals surface area contributed by atoms with Crippen molar-refractivity contribution < 1.29 is 13.2 Å². The van der Waals surface area contributed by atoms with Gasteiger partial charge in [0, 0.05) is 53.8 Å². The lowest BCUT2D eigenvalue weighted by Crippen LogP contribution is -2.15. The number of hydrogen-bond donors (Lipinski definition) is 0. The first-order chi connectivity index (χ1) is 15.6. The van der Waals surface area contributed by atoms with E-state index in [1.54, 1.807) is 21.8 Å². The summed E-state index contributed by atoms with van der Waals surface area (Å²) in [5.74, 6) is -0.0750. The van der Waals surface area contributed by atoms with Crippen molar-refractivity contribution in [2.45, 2.75) is 45.7 Å². The molecule has 0 amide bonds. The van der Waals surface area contributed by atoms with Gasteiger partial charge in [-0.25, -0.2) is 9.97 Å². The van der Waals surface area contributed by atoms with Crippen molar-refractivity contribution in [2.75, 3.05) is 0 Å². The van der Waals surface area contributed by atoms with Gasteiger partial charge in [-0.1, -0.05) is 0 Å². The smallest absolute Gasteiger partial charge is 0.272 e. The molecule has 5 rings (SSSR count). The van der Waals surface area contributed by atoms with Crippen LogP contribution in [0.25, 0.3) is 28.5 Å². The number of alkyl halides is 3. The highest BCUT2D eigenvalue weighted by Crippen LogP contribution is 2.42. The normalized spacial score (nSPS) is 14.3. The first-order valence-corrected chi connectivity index (χ1v) is 10.6. The molecule has 0 spiro atoms. The van der Waals surface area contributed by atoms with Crippen molar-refractivity contribution in [1.82, 2.24) is 39.3 Å². The molecule has 4 aromatic heterocycles. The third-order valence-electron chi connectivity index (χ3n) is 6.31. The van der Waals surface area contributed by atoms with E-state index in [2.05, 4.69) is 20.2 Å². The first-order valence-electron chi connectivity index (χ1n) is 10.6. The van der Waals surface area contributed by atoms with Crippen LogP contribution in [0.15, 0.2) is 18.5 Å². The van der Waals surface area contributed by atoms with E-state index in [4.69, 9.17) is 5.10 Å². The molecule has 0 N–H and O–H groups in total. The van der Waals surface area contributed by atoms with Gasteiger partial charge in [0.2, 0.25) is 0 Å². The monoisotopic (exact) mass is 456 g/mol. The van der Waals surface area contributed by atoms with Crippen molar-refractivity contribution >= 4 is 0 Å². The van der Waals surface area contributed by atoms with Crippen LogP contribution in [0.3, 0.4) is 0 Å². The topological polar surface area (TPSA) is 79.2 Å². The third kappa shape index (κ3) is 3.51. The zero-order valence-corrected chi connectivity index (χ0v) is 18.9. The van der Waals surface area contributed by atoms with Crippen molar-refractivity contribution in [3.8, 4) is 28.5 Å². The Balaban J connectivity index is 1.80. The first kappa shape index (κ1) is 21.4. The molecular weight excluding hydrogens is 433 g/mol. The molecule has 11 heteroatoms. The number of nitrogens with zero attached hydrogens (tertiary/aromatic N) is 8. The minimum Gasteiger partial charge on any atom is -0.272 e. The standard InChI is InChI=1S/C22H23F3N8/c1-11-19(15-9-26-31(4)12(15)2)30-33(20(11)16-10-27-32(5)13(16)3)21-28-17(14-6-7-14)8-18(29-21)22(23,24)25/h8-10,14H,6-7H2,1-5H3. The molecule has 33 heavy (non-hydrogen) atoms. The van der Waals surface area contributed by atoms with E-state index in [9.17, 15) is 13.2 Å². The Morgan fingerprint density at radius 1 is 0.909 bits per heavy atom. The molecule has 1 fully saturated rings. The predicted octanol–water partition coefficient (Wildman–Crippen LogP) is 4.28. The van der Waals surface area contributed by atoms with Crippen LogP contribution in [-0.4, -0.2) is 39.3 Å². The summed E-state index contributed by atoms with van der Waals surface area (Å²) in [6.45, 7) is 5.71. The fraction of sp³-hybridized carbons (Fsp3) is 0.409. The Bertz CT molecular complexity index is 1370. The Hall–Kier alpha value is -3.50. The summed E-state index contributed by atoms with van der Waals surface area (Å²) in [5, 5.41) is 13.4. The zero-order chi connectivity index (χ0) is 23.7. The lowest BCUT2D eigenvalue weighted by molar-refractivity contribution is -0.141. The second-order valence-corrected chi connectivity index (χ2v) is 8.52. The average molecular weight is 456 g/mol. The highest BCUT2D eigenvalue weighted by atomic mass is 19.4. The van der Waals surface area contributed by atoms with Gasteiger partial charge in [-0.3, -0.25) is 9.36 Å². The molecule has 0 radical (unpaired) electrons. The summed E-state index contributed by atoms with van der Waals surface area (Å²) in [4.78, 5) is 8.42. The molecule has 0 atom stereocenters. The molecule has 1 aliphatic carbocycles. The Morgan fingerprint density at radius 2 is 1.52 bits per heavy atom. The van der Waals surface area contributed by atoms with Gasteiger partial charge >= 0.3 is 6.18 Å². The van der Waals surface area contributed by atoms with Crippen LogP contribution in [0.1, 0.15) is 47.1 Å². The average Bonchev–Trinajstić information content (AvgIpc) is 3.41. The zero-order valence-electron chi connectivity index (χ0n) is 18.9. The van der Waals surface area contributed by atoms with Gasteiger partial charge in [0.1, 0.15) is 5.69 Å². The lowest BCUT2D eigenvalue weighted by atomic mass is 10.0. The van der Waals surface area contributed by atoms with E-state index < -0.39 is 11.9 Å². The molecular formula is C22H23F3N8. The number of rotatable bonds is 4. The van der Waals surface area contributed by atoms with E-state index in [1.165, 1.54) is 4.68 Å². The van der Waals surface area contributed by atoms with Gasteiger partial charge in [-0.15, -0.1) is 0 Å². The fourth-order valence-corrected chi connectivity index (χ4v) is 3.96. The molecule has 4 heterocycles. The molecule has 8 nitrogen and oxygen atoms in total. The van der Waals surface area contributed by atoms with Crippen LogP contribution in [0.2, 0.25) is 0 Å². The van der Waals surface area contributed by atoms with Gasteiger partial charge in [0.15, 0.2) is 0 Å². The Morgan fingerprint density at radius 3 is 2.03 bits per heavy atom. The van der Waals surface area contributed by atoms with E-state index in [1.807, 2.05) is 34.9 Å². The summed E-state index contributed by atoms with van der Waals surface area (Å²) >= 11 is 0. The lowest BCUT2D eigenvalue weighted by Gasteiger charge is -2.12. The second kappa shape index (κ2) is 7.26. The molecule has 0 bridgehead atoms. The van der Waals surface area contributed by atoms with Gasteiger partial charge in [-0.05, 0) is 39.7 Å². The van der Waals surface area contributed by atoms with Gasteiger partial charge in [0.25, 0.3) is 5.95 Å². The van der Waals surface area contributed by atoms with Crippen LogP contribution >= 0.6 is 0 Å². The van der Waals surface area contributed by atoms with Crippen molar-refractivity contribution in [3.63, 3.8) is 0 Å². The summed E-state index contributed by atoms with van der Waals surface area (Å²) in [7, 11) is 3.64. The highest BCUT2D eigenvalue weighted by molar-refractivity contribution is 5.76. The van der Waals surface area contributed by atoms with E-state index >= 15 is 0 Å². The summed E-state index contributed by atoms with van der Waals surface area (Å²) in [5.41, 5.74) is 4.74. The van der Waals surface area contributed by atoms with Crippen LogP contribution in [0.5, 0.6) is 0 Å². The van der Waals surface area contributed by atoms with Crippen molar-refractivity contribution in [2.24, 2.45) is 14.1 Å². The number of aromatic nitrogens is 8. The molecule has 0 aromatic carbocycles. The van der Waals surface area contributed by atoms with Crippen LogP contribution < -0.4 is 0 Å². The quantitative estimate of drug-likeness (QED) is 0.458. The minimum absolute atomic E-state index is 0.0214. The van der Waals surface area contributed by atoms with Crippen molar-refractivity contribution in [3.05, 3.63) is 46.8 Å². The summed E-state index contributed by atoms with van der Waals surface area (Å²) < 4.78 is 46.0. The number of hydrogen-bond acceptors (Lipinski definition) is 5. The number of halogens is 3. The number of aryl methyl sites for hydroxylation is 2. The van der Waals surface area contributed by atoms with Gasteiger partial charge < -0.3 is 0 Å². The van der Waals surface area contributed by atoms with Crippen LogP contribution in [0.4, 0.5) is 13.2 Å². The van der Waals surface area contributed by atoms with Gasteiger partial charge in [-0.2, -0.15) is 33.1 Å². The Kier molecular flexibility index (Phi) is 4.69. The van der Waals surface area contributed by atoms with E-state index in [0.717, 1.165) is 47.0 Å². The van der Waals surface area contributed by atoms with E-state index in [0.29, 0.717) is 17.1 Å². The maximum absolute atomic E-state index is 13.7.